The molecule has 0 fully saturated rings. The molecule has 428 valence electrons. The number of hydrogen-bond donors (Lipinski definition) is 0. The minimum absolute atomic E-state index is 0.330. The molecule has 0 aliphatic heterocycles. The second-order valence-electron chi connectivity index (χ2n) is 23.8. The predicted octanol–water partition coefficient (Wildman–Crippen LogP) is 20.1. The summed E-state index contributed by atoms with van der Waals surface area (Å²) in [7, 11) is 0. The molecule has 0 saturated heterocycles. The maximum Gasteiger partial charge on any atom is 0.101 e. The average molecular weight is 1190 g/mol. The monoisotopic (exact) mass is 1190 g/mol. The lowest BCUT2D eigenvalue weighted by molar-refractivity contribution is 1.16. The molecule has 18 aromatic rings. The topological polar surface area (TPSA) is 162 Å². The lowest BCUT2D eigenvalue weighted by Gasteiger charge is -2.13. The van der Waals surface area contributed by atoms with Gasteiger partial charge in [-0.05, 0) is 182 Å². The normalized spacial score (nSPS) is 11.6. The van der Waals surface area contributed by atoms with E-state index in [9.17, 15) is 31.6 Å². The van der Waals surface area contributed by atoms with Crippen LogP contribution in [-0.2, 0) is 0 Å². The van der Waals surface area contributed by atoms with Crippen molar-refractivity contribution >= 4 is 120 Å². The average Bonchev–Trinajstić information content (AvgIpc) is 1.56. The van der Waals surface area contributed by atoms with Crippen molar-refractivity contribution in [3.8, 4) is 81.4 Å². The summed E-state index contributed by atoms with van der Waals surface area (Å²) in [6, 6.07) is 101. The van der Waals surface area contributed by atoms with Gasteiger partial charge in [0.25, 0.3) is 0 Å². The number of fused-ring (bicyclic) bond motifs is 18. The van der Waals surface area contributed by atoms with E-state index >= 15 is 0 Å². The quantitative estimate of drug-likeness (QED) is 0.161. The van der Waals surface area contributed by atoms with Gasteiger partial charge in [0.1, 0.15) is 24.3 Å². The first-order valence-corrected chi connectivity index (χ1v) is 30.6. The highest BCUT2D eigenvalue weighted by atomic mass is 15.0. The number of benzene rings is 14. The minimum Gasteiger partial charge on any atom is -0.309 e. The van der Waals surface area contributed by atoms with E-state index in [1.165, 1.54) is 0 Å². The van der Waals surface area contributed by atoms with Crippen molar-refractivity contribution in [2.24, 2.45) is 0 Å². The molecule has 0 unspecified atom stereocenters. The predicted molar refractivity (Wildman–Crippen MR) is 375 cm³/mol. The van der Waals surface area contributed by atoms with Crippen molar-refractivity contribution in [1.29, 1.82) is 31.6 Å². The Hall–Kier alpha value is -14.0. The number of nitriles is 6. The Morgan fingerprint density at radius 2 is 0.702 bits per heavy atom. The number of hydrogen-bond acceptors (Lipinski definition) is 6. The highest BCUT2D eigenvalue weighted by Gasteiger charge is 2.24. The molecule has 0 aliphatic carbocycles. The summed E-state index contributed by atoms with van der Waals surface area (Å²) >= 11 is 0. The fourth-order valence-corrected chi connectivity index (χ4v) is 15.1. The van der Waals surface area contributed by atoms with Gasteiger partial charge < -0.3 is 18.3 Å². The number of aromatic nitrogens is 4. The third-order valence-corrected chi connectivity index (χ3v) is 19.1. The van der Waals surface area contributed by atoms with E-state index in [0.29, 0.717) is 44.8 Å². The fraction of sp³-hybridized carbons (Fsp3) is 0. The van der Waals surface area contributed by atoms with Gasteiger partial charge in [-0.1, -0.05) is 127 Å². The van der Waals surface area contributed by atoms with Crippen LogP contribution >= 0.6 is 0 Å². The van der Waals surface area contributed by atoms with Gasteiger partial charge in [0.15, 0.2) is 0 Å². The van der Waals surface area contributed by atoms with E-state index in [4.69, 9.17) is 0 Å². The molecule has 14 aromatic carbocycles. The van der Waals surface area contributed by atoms with Crippen LogP contribution in [0.25, 0.3) is 165 Å². The first kappa shape index (κ1) is 53.1. The van der Waals surface area contributed by atoms with E-state index < -0.39 is 0 Å². The molecule has 0 bridgehead atoms. The summed E-state index contributed by atoms with van der Waals surface area (Å²) < 4.78 is 8.78. The van der Waals surface area contributed by atoms with E-state index in [0.717, 1.165) is 153 Å². The van der Waals surface area contributed by atoms with Crippen molar-refractivity contribution in [3.63, 3.8) is 0 Å². The zero-order valence-corrected chi connectivity index (χ0v) is 49.7. The minimum atomic E-state index is 0.330. The van der Waals surface area contributed by atoms with Gasteiger partial charge in [-0.2, -0.15) is 31.6 Å². The van der Waals surface area contributed by atoms with Gasteiger partial charge in [-0.15, -0.1) is 0 Å². The number of rotatable bonds is 6. The Balaban J connectivity index is 0.801. The van der Waals surface area contributed by atoms with Crippen LogP contribution in [0, 0.1) is 68.0 Å². The first-order valence-electron chi connectivity index (χ1n) is 30.6. The summed E-state index contributed by atoms with van der Waals surface area (Å²) in [4.78, 5) is 0. The van der Waals surface area contributed by atoms with Gasteiger partial charge in [-0.3, -0.25) is 0 Å². The smallest absolute Gasteiger partial charge is 0.101 e. The Kier molecular flexibility index (Phi) is 11.4. The maximum absolute atomic E-state index is 10.4. The highest BCUT2D eigenvalue weighted by Crippen LogP contribution is 2.46. The Labute approximate surface area is 535 Å². The van der Waals surface area contributed by atoms with Gasteiger partial charge in [0.05, 0.1) is 95.3 Å². The third kappa shape index (κ3) is 7.58. The van der Waals surface area contributed by atoms with Gasteiger partial charge in [-0.25, -0.2) is 0 Å². The molecule has 10 nitrogen and oxygen atoms in total. The Bertz CT molecular complexity index is 6690. The van der Waals surface area contributed by atoms with Crippen LogP contribution in [0.3, 0.4) is 0 Å². The van der Waals surface area contributed by atoms with Crippen LogP contribution in [0.15, 0.2) is 255 Å². The molecular weight excluding hydrogens is 1150 g/mol. The lowest BCUT2D eigenvalue weighted by Crippen LogP contribution is -2.01. The molecule has 0 spiro atoms. The summed E-state index contributed by atoms with van der Waals surface area (Å²) in [6.45, 7) is 0. The van der Waals surface area contributed by atoms with Crippen LogP contribution < -0.4 is 0 Å². The summed E-state index contributed by atoms with van der Waals surface area (Å²) in [5.41, 5.74) is 17.3. The second kappa shape index (κ2) is 20.3. The molecule has 94 heavy (non-hydrogen) atoms. The van der Waals surface area contributed by atoms with E-state index in [1.807, 2.05) is 36.4 Å². The zero-order chi connectivity index (χ0) is 63.0. The molecule has 10 heteroatoms. The summed E-state index contributed by atoms with van der Waals surface area (Å²) in [5.74, 6) is 0. The number of nitrogens with zero attached hydrogens (tertiary/aromatic N) is 10. The molecular formula is C84H42N10. The van der Waals surface area contributed by atoms with Crippen molar-refractivity contribution in [2.75, 3.05) is 0 Å². The SMILES string of the molecule is N#Cc1cc(C#N)cc(-n2c3ccc(-c4cccc5c4ccc4c5c5ccccc5n4-c4c(C#N)cccc4C#N)cc3c3c4ccc(-c5ccc6c(c5)c5ccccc5n6-c5ccc6c(c5)c5c7ccccc7ccc5n6-c5ccc(C#N)c(C#N)c5)cc4ccc32)c1. The van der Waals surface area contributed by atoms with E-state index in [-0.39, 0.29) is 0 Å². The first-order chi connectivity index (χ1) is 46.3. The van der Waals surface area contributed by atoms with Gasteiger partial charge >= 0.3 is 0 Å². The molecule has 18 rings (SSSR count). The summed E-state index contributed by atoms with van der Waals surface area (Å²) in [6.07, 6.45) is 0. The molecule has 0 saturated carbocycles. The van der Waals surface area contributed by atoms with Crippen molar-refractivity contribution in [3.05, 3.63) is 288 Å². The second-order valence-corrected chi connectivity index (χ2v) is 23.8. The van der Waals surface area contributed by atoms with Crippen LogP contribution in [-0.4, -0.2) is 18.3 Å². The third-order valence-electron chi connectivity index (χ3n) is 19.1. The van der Waals surface area contributed by atoms with E-state index in [1.54, 1.807) is 36.4 Å². The molecule has 0 aliphatic rings. The van der Waals surface area contributed by atoms with Crippen LogP contribution in [0.5, 0.6) is 0 Å². The van der Waals surface area contributed by atoms with Gasteiger partial charge in [0, 0.05) is 60.2 Å². The summed E-state index contributed by atoms with van der Waals surface area (Å²) in [5, 5.41) is 76.1. The highest BCUT2D eigenvalue weighted by molar-refractivity contribution is 6.26. The van der Waals surface area contributed by atoms with Crippen LogP contribution in [0.4, 0.5) is 0 Å². The van der Waals surface area contributed by atoms with Crippen molar-refractivity contribution < 1.29 is 0 Å². The van der Waals surface area contributed by atoms with Crippen molar-refractivity contribution in [2.45, 2.75) is 0 Å². The lowest BCUT2D eigenvalue weighted by atomic mass is 9.94. The standard InChI is InChI=1S/C84H42N10/c85-43-49-35-50(44-86)37-62(36-49)93-76-30-23-55(63-15-8-16-68-66(63)28-34-80-83(68)69-14-4-6-18-74(69)94(80)84-57(46-88)10-7-11-58(84)47-89)41-71(76)82-65-27-20-52(38-54(65)24-32-79(82)93)53-22-29-75-70(40-53)67-13-3-5-17-73(67)91(75)61-26-33-77-72(42-61)81-64-12-2-1-9-51(64)21-31-78(81)92(77)60-25-19-56(45-87)59(39-60)48-90/h1-42H. The molecule has 4 heterocycles. The van der Waals surface area contributed by atoms with Crippen LogP contribution in [0.1, 0.15) is 33.4 Å². The van der Waals surface area contributed by atoms with Gasteiger partial charge in [0.2, 0.25) is 0 Å². The molecule has 0 radical (unpaired) electrons. The fourth-order valence-electron chi connectivity index (χ4n) is 15.1. The van der Waals surface area contributed by atoms with Crippen LogP contribution in [0.2, 0.25) is 0 Å². The zero-order valence-electron chi connectivity index (χ0n) is 49.7. The largest absolute Gasteiger partial charge is 0.309 e. The Morgan fingerprint density at radius 3 is 1.44 bits per heavy atom. The van der Waals surface area contributed by atoms with Crippen molar-refractivity contribution in [1.82, 2.24) is 18.3 Å². The molecule has 0 amide bonds. The molecule has 4 aromatic heterocycles. The van der Waals surface area contributed by atoms with E-state index in [2.05, 4.69) is 237 Å². The molecule has 0 N–H and O–H groups in total. The maximum atomic E-state index is 10.4. The Morgan fingerprint density at radius 1 is 0.223 bits per heavy atom. The number of para-hydroxylation sites is 3. The molecule has 0 atom stereocenters.